The fourth-order valence-corrected chi connectivity index (χ4v) is 1.79. The Morgan fingerprint density at radius 2 is 1.71 bits per heavy atom. The average molecular weight is 234 g/mol. The summed E-state index contributed by atoms with van der Waals surface area (Å²) >= 11 is 0. The molecule has 0 amide bonds. The number of hydrogen-bond donors (Lipinski definition) is 1. The van der Waals surface area contributed by atoms with Crippen molar-refractivity contribution in [1.82, 2.24) is 0 Å². The number of halogens is 2. The minimum absolute atomic E-state index is 0.0501. The lowest BCUT2D eigenvalue weighted by Gasteiger charge is -2.08. The lowest BCUT2D eigenvalue weighted by molar-refractivity contribution is 0.280. The van der Waals surface area contributed by atoms with E-state index >= 15 is 0 Å². The Bertz CT molecular complexity index is 527. The summed E-state index contributed by atoms with van der Waals surface area (Å²) in [5.41, 5.74) is 1.62. The van der Waals surface area contributed by atoms with Gasteiger partial charge >= 0.3 is 0 Å². The Morgan fingerprint density at radius 1 is 1.06 bits per heavy atom. The maximum Gasteiger partial charge on any atom is 0.134 e. The molecule has 0 aliphatic heterocycles. The van der Waals surface area contributed by atoms with Gasteiger partial charge in [0.05, 0.1) is 12.2 Å². The van der Waals surface area contributed by atoms with E-state index in [1.54, 1.807) is 18.2 Å². The molecule has 0 radical (unpaired) electrons. The van der Waals surface area contributed by atoms with Gasteiger partial charge in [-0.1, -0.05) is 29.8 Å². The molecule has 2 aromatic carbocycles. The Hall–Kier alpha value is -1.74. The fraction of sp³-hybridized carbons (Fsp3) is 0.143. The van der Waals surface area contributed by atoms with Crippen LogP contribution in [0.4, 0.5) is 8.78 Å². The zero-order valence-corrected chi connectivity index (χ0v) is 9.37. The van der Waals surface area contributed by atoms with E-state index in [0.29, 0.717) is 5.56 Å². The minimum atomic E-state index is -0.653. The van der Waals surface area contributed by atoms with Gasteiger partial charge in [0.15, 0.2) is 0 Å². The van der Waals surface area contributed by atoms with E-state index in [2.05, 4.69) is 0 Å². The van der Waals surface area contributed by atoms with Crippen LogP contribution in [-0.2, 0) is 6.61 Å². The van der Waals surface area contributed by atoms with Crippen LogP contribution < -0.4 is 0 Å². The van der Waals surface area contributed by atoms with Crippen LogP contribution in [0.15, 0.2) is 36.4 Å². The van der Waals surface area contributed by atoms with E-state index in [9.17, 15) is 8.78 Å². The summed E-state index contributed by atoms with van der Waals surface area (Å²) in [6.45, 7) is 1.49. The van der Waals surface area contributed by atoms with Gasteiger partial charge in [0.2, 0.25) is 0 Å². The number of aliphatic hydroxyl groups is 1. The molecule has 3 heteroatoms. The van der Waals surface area contributed by atoms with Gasteiger partial charge < -0.3 is 5.11 Å². The van der Waals surface area contributed by atoms with Gasteiger partial charge in [0.1, 0.15) is 11.6 Å². The number of aryl methyl sites for hydroxylation is 1. The lowest BCUT2D eigenvalue weighted by Crippen LogP contribution is -1.94. The molecular weight excluding hydrogens is 222 g/mol. The van der Waals surface area contributed by atoms with Gasteiger partial charge in [-0.3, -0.25) is 0 Å². The molecule has 0 aliphatic carbocycles. The minimum Gasteiger partial charge on any atom is -0.392 e. The first-order valence-corrected chi connectivity index (χ1v) is 5.27. The van der Waals surface area contributed by atoms with Crippen molar-refractivity contribution in [1.29, 1.82) is 0 Å². The summed E-state index contributed by atoms with van der Waals surface area (Å²) in [6.07, 6.45) is 0. The largest absolute Gasteiger partial charge is 0.392 e. The van der Waals surface area contributed by atoms with Crippen molar-refractivity contribution >= 4 is 0 Å². The standard InChI is InChI=1S/C14H12F2O/c1-9-3-2-4-11(5-9)14-12(15)6-10(8-17)7-13(14)16/h2-7,17H,8H2,1H3. The molecule has 0 bridgehead atoms. The molecule has 0 aromatic heterocycles. The zero-order valence-electron chi connectivity index (χ0n) is 9.37. The third-order valence-corrected chi connectivity index (χ3v) is 2.59. The normalized spacial score (nSPS) is 10.6. The Kier molecular flexibility index (Phi) is 3.20. The predicted octanol–water partition coefficient (Wildman–Crippen LogP) is 3.43. The first-order chi connectivity index (χ1) is 8.11. The van der Waals surface area contributed by atoms with Crippen LogP contribution >= 0.6 is 0 Å². The molecule has 88 valence electrons. The highest BCUT2D eigenvalue weighted by atomic mass is 19.1. The maximum atomic E-state index is 13.8. The highest BCUT2D eigenvalue weighted by molar-refractivity contribution is 5.66. The first-order valence-electron chi connectivity index (χ1n) is 5.27. The Morgan fingerprint density at radius 3 is 2.24 bits per heavy atom. The second-order valence-corrected chi connectivity index (χ2v) is 3.96. The van der Waals surface area contributed by atoms with Crippen LogP contribution in [0.25, 0.3) is 11.1 Å². The third kappa shape index (κ3) is 2.34. The first kappa shape index (κ1) is 11.7. The van der Waals surface area contributed by atoms with Crippen molar-refractivity contribution in [2.24, 2.45) is 0 Å². The lowest BCUT2D eigenvalue weighted by atomic mass is 10.0. The molecular formula is C14H12F2O. The molecule has 17 heavy (non-hydrogen) atoms. The van der Waals surface area contributed by atoms with Crippen LogP contribution in [0, 0.1) is 18.6 Å². The average Bonchev–Trinajstić information content (AvgIpc) is 2.28. The van der Waals surface area contributed by atoms with Gasteiger partial charge in [0.25, 0.3) is 0 Å². The molecule has 1 N–H and O–H groups in total. The van der Waals surface area contributed by atoms with Crippen molar-refractivity contribution < 1.29 is 13.9 Å². The molecule has 2 rings (SSSR count). The van der Waals surface area contributed by atoms with E-state index in [1.165, 1.54) is 0 Å². The maximum absolute atomic E-state index is 13.8. The molecule has 0 aliphatic rings. The van der Waals surface area contributed by atoms with Crippen LogP contribution in [0.5, 0.6) is 0 Å². The Labute approximate surface area is 98.3 Å². The monoisotopic (exact) mass is 234 g/mol. The molecule has 0 saturated carbocycles. The van der Waals surface area contributed by atoms with Gasteiger partial charge in [-0.25, -0.2) is 8.78 Å². The number of benzene rings is 2. The summed E-state index contributed by atoms with van der Waals surface area (Å²) in [5.74, 6) is -1.31. The molecule has 0 atom stereocenters. The van der Waals surface area contributed by atoms with E-state index in [-0.39, 0.29) is 17.7 Å². The van der Waals surface area contributed by atoms with Gasteiger partial charge in [0, 0.05) is 0 Å². The molecule has 0 fully saturated rings. The second-order valence-electron chi connectivity index (χ2n) is 3.96. The summed E-state index contributed by atoms with van der Waals surface area (Å²) in [6, 6.07) is 9.31. The van der Waals surface area contributed by atoms with Gasteiger partial charge in [-0.2, -0.15) is 0 Å². The van der Waals surface area contributed by atoms with Crippen molar-refractivity contribution in [2.45, 2.75) is 13.5 Å². The summed E-state index contributed by atoms with van der Waals surface area (Å²) in [4.78, 5) is 0. The molecule has 0 spiro atoms. The molecule has 1 nitrogen and oxygen atoms in total. The van der Waals surface area contributed by atoms with Crippen molar-refractivity contribution in [3.05, 3.63) is 59.2 Å². The van der Waals surface area contributed by atoms with E-state index in [4.69, 9.17) is 5.11 Å². The fourth-order valence-electron chi connectivity index (χ4n) is 1.79. The topological polar surface area (TPSA) is 20.2 Å². The number of rotatable bonds is 2. The number of aliphatic hydroxyl groups excluding tert-OH is 1. The highest BCUT2D eigenvalue weighted by Gasteiger charge is 2.12. The quantitative estimate of drug-likeness (QED) is 0.844. The van der Waals surface area contributed by atoms with Gasteiger partial charge in [-0.15, -0.1) is 0 Å². The van der Waals surface area contributed by atoms with E-state index < -0.39 is 11.6 Å². The summed E-state index contributed by atoms with van der Waals surface area (Å²) in [7, 11) is 0. The molecule has 0 heterocycles. The van der Waals surface area contributed by atoms with Crippen molar-refractivity contribution in [2.75, 3.05) is 0 Å². The van der Waals surface area contributed by atoms with E-state index in [0.717, 1.165) is 17.7 Å². The molecule has 0 unspecified atom stereocenters. The molecule has 2 aromatic rings. The smallest absolute Gasteiger partial charge is 0.134 e. The van der Waals surface area contributed by atoms with Crippen LogP contribution in [0.3, 0.4) is 0 Å². The Balaban J connectivity index is 2.60. The second kappa shape index (κ2) is 4.63. The van der Waals surface area contributed by atoms with Crippen molar-refractivity contribution in [3.8, 4) is 11.1 Å². The summed E-state index contributed by atoms with van der Waals surface area (Å²) in [5, 5.41) is 8.86. The summed E-state index contributed by atoms with van der Waals surface area (Å²) < 4.78 is 27.5. The van der Waals surface area contributed by atoms with Crippen LogP contribution in [0.2, 0.25) is 0 Å². The third-order valence-electron chi connectivity index (χ3n) is 2.59. The zero-order chi connectivity index (χ0) is 12.4. The van der Waals surface area contributed by atoms with Crippen LogP contribution in [-0.4, -0.2) is 5.11 Å². The van der Waals surface area contributed by atoms with Crippen LogP contribution in [0.1, 0.15) is 11.1 Å². The SMILES string of the molecule is Cc1cccc(-c2c(F)cc(CO)cc2F)c1. The predicted molar refractivity (Wildman–Crippen MR) is 62.5 cm³/mol. The van der Waals surface area contributed by atoms with E-state index in [1.807, 2.05) is 13.0 Å². The van der Waals surface area contributed by atoms with Crippen molar-refractivity contribution in [3.63, 3.8) is 0 Å². The highest BCUT2D eigenvalue weighted by Crippen LogP contribution is 2.27. The number of hydrogen-bond acceptors (Lipinski definition) is 1. The molecule has 0 saturated heterocycles. The van der Waals surface area contributed by atoms with Gasteiger partial charge in [-0.05, 0) is 30.2 Å².